The summed E-state index contributed by atoms with van der Waals surface area (Å²) in [6.45, 7) is 6.17. The summed E-state index contributed by atoms with van der Waals surface area (Å²) < 4.78 is 10.9. The van der Waals surface area contributed by atoms with Crippen LogP contribution in [0.15, 0.2) is 46.9 Å². The second-order valence-corrected chi connectivity index (χ2v) is 5.59. The third kappa shape index (κ3) is 4.35. The highest BCUT2D eigenvalue weighted by atomic mass is 16.5. The smallest absolute Gasteiger partial charge is 0.203 e. The van der Waals surface area contributed by atoms with Crippen LogP contribution in [0.3, 0.4) is 0 Å². The SMILES string of the molecule is N#Cc1ccc(CN(CCN2CCOCC2)c2ccccc2)o1. The molecule has 23 heavy (non-hydrogen) atoms. The third-order valence-corrected chi connectivity index (χ3v) is 4.03. The van der Waals surface area contributed by atoms with Gasteiger partial charge in [-0.25, -0.2) is 0 Å². The fourth-order valence-corrected chi connectivity index (χ4v) is 2.74. The molecule has 1 aromatic heterocycles. The van der Waals surface area contributed by atoms with Gasteiger partial charge in [0.05, 0.1) is 19.8 Å². The van der Waals surface area contributed by atoms with Gasteiger partial charge in [0.2, 0.25) is 5.76 Å². The summed E-state index contributed by atoms with van der Waals surface area (Å²) in [4.78, 5) is 4.71. The van der Waals surface area contributed by atoms with Crippen LogP contribution in [-0.4, -0.2) is 44.3 Å². The number of morpholine rings is 1. The number of nitriles is 1. The van der Waals surface area contributed by atoms with Gasteiger partial charge >= 0.3 is 0 Å². The molecule has 1 aliphatic rings. The molecule has 2 aromatic rings. The molecule has 5 heteroatoms. The van der Waals surface area contributed by atoms with Crippen LogP contribution in [-0.2, 0) is 11.3 Å². The molecule has 1 aliphatic heterocycles. The zero-order valence-corrected chi connectivity index (χ0v) is 13.1. The maximum atomic E-state index is 8.90. The molecule has 1 aromatic carbocycles. The first kappa shape index (κ1) is 15.6. The third-order valence-electron chi connectivity index (χ3n) is 4.03. The molecule has 0 unspecified atom stereocenters. The van der Waals surface area contributed by atoms with E-state index in [2.05, 4.69) is 21.9 Å². The topological polar surface area (TPSA) is 52.6 Å². The summed E-state index contributed by atoms with van der Waals surface area (Å²) in [7, 11) is 0. The Morgan fingerprint density at radius 2 is 1.87 bits per heavy atom. The van der Waals surface area contributed by atoms with Gasteiger partial charge in [0.1, 0.15) is 11.8 Å². The van der Waals surface area contributed by atoms with Crippen molar-refractivity contribution in [2.24, 2.45) is 0 Å². The highest BCUT2D eigenvalue weighted by Gasteiger charge is 2.14. The minimum atomic E-state index is 0.362. The summed E-state index contributed by atoms with van der Waals surface area (Å²) >= 11 is 0. The maximum absolute atomic E-state index is 8.90. The van der Waals surface area contributed by atoms with Crippen molar-refractivity contribution in [1.29, 1.82) is 5.26 Å². The molecule has 0 N–H and O–H groups in total. The number of nitrogens with zero attached hydrogens (tertiary/aromatic N) is 3. The molecule has 2 heterocycles. The van der Waals surface area contributed by atoms with Crippen molar-refractivity contribution in [3.8, 4) is 6.07 Å². The van der Waals surface area contributed by atoms with E-state index in [0.717, 1.165) is 50.8 Å². The van der Waals surface area contributed by atoms with Crippen LogP contribution < -0.4 is 4.90 Å². The van der Waals surface area contributed by atoms with Gasteiger partial charge in [-0.15, -0.1) is 0 Å². The Morgan fingerprint density at radius 1 is 1.09 bits per heavy atom. The monoisotopic (exact) mass is 311 g/mol. The van der Waals surface area contributed by atoms with Crippen LogP contribution in [0.4, 0.5) is 5.69 Å². The molecular weight excluding hydrogens is 290 g/mol. The lowest BCUT2D eigenvalue weighted by Crippen LogP contribution is -2.41. The summed E-state index contributed by atoms with van der Waals surface area (Å²) in [5, 5.41) is 8.90. The van der Waals surface area contributed by atoms with Crippen LogP contribution in [0.5, 0.6) is 0 Å². The number of para-hydroxylation sites is 1. The van der Waals surface area contributed by atoms with Crippen LogP contribution in [0.25, 0.3) is 0 Å². The Kier molecular flexibility index (Phi) is 5.30. The molecule has 0 saturated carbocycles. The Labute approximate surface area is 136 Å². The van der Waals surface area contributed by atoms with E-state index in [1.807, 2.05) is 30.3 Å². The molecule has 0 aliphatic carbocycles. The van der Waals surface area contributed by atoms with Gasteiger partial charge in [-0.2, -0.15) is 5.26 Å². The summed E-state index contributed by atoms with van der Waals surface area (Å²) in [6.07, 6.45) is 0. The van der Waals surface area contributed by atoms with Crippen molar-refractivity contribution < 1.29 is 9.15 Å². The second-order valence-electron chi connectivity index (χ2n) is 5.59. The molecule has 5 nitrogen and oxygen atoms in total. The molecule has 0 radical (unpaired) electrons. The van der Waals surface area contributed by atoms with Crippen molar-refractivity contribution >= 4 is 5.69 Å². The number of ether oxygens (including phenoxy) is 1. The second kappa shape index (κ2) is 7.82. The summed E-state index contributed by atoms with van der Waals surface area (Å²) in [5.41, 5.74) is 1.16. The molecule has 1 saturated heterocycles. The van der Waals surface area contributed by atoms with Crippen LogP contribution in [0.1, 0.15) is 11.5 Å². The Morgan fingerprint density at radius 3 is 2.57 bits per heavy atom. The largest absolute Gasteiger partial charge is 0.449 e. The van der Waals surface area contributed by atoms with Gasteiger partial charge < -0.3 is 14.1 Å². The first-order chi connectivity index (χ1) is 11.3. The summed E-state index contributed by atoms with van der Waals surface area (Å²) in [5.74, 6) is 1.17. The molecule has 0 amide bonds. The standard InChI is InChI=1S/C18H21N3O2/c19-14-17-6-7-18(23-17)15-21(16-4-2-1-3-5-16)9-8-20-10-12-22-13-11-20/h1-7H,8-13,15H2. The van der Waals surface area contributed by atoms with Gasteiger partial charge in [0, 0.05) is 31.9 Å². The molecule has 120 valence electrons. The van der Waals surface area contributed by atoms with E-state index in [1.165, 1.54) is 0 Å². The lowest BCUT2D eigenvalue weighted by atomic mass is 10.2. The van der Waals surface area contributed by atoms with Gasteiger partial charge in [0.25, 0.3) is 0 Å². The Balaban J connectivity index is 1.67. The number of furan rings is 1. The molecule has 0 bridgehead atoms. The van der Waals surface area contributed by atoms with Gasteiger partial charge in [-0.05, 0) is 24.3 Å². The average Bonchev–Trinajstić information content (AvgIpc) is 3.08. The van der Waals surface area contributed by atoms with Crippen molar-refractivity contribution in [2.45, 2.75) is 6.54 Å². The lowest BCUT2D eigenvalue weighted by Gasteiger charge is -2.30. The maximum Gasteiger partial charge on any atom is 0.203 e. The minimum absolute atomic E-state index is 0.362. The molecule has 3 rings (SSSR count). The van der Waals surface area contributed by atoms with E-state index in [0.29, 0.717) is 12.3 Å². The van der Waals surface area contributed by atoms with Crippen LogP contribution in [0, 0.1) is 11.3 Å². The van der Waals surface area contributed by atoms with E-state index >= 15 is 0 Å². The molecule has 0 spiro atoms. The highest BCUT2D eigenvalue weighted by Crippen LogP contribution is 2.18. The number of rotatable bonds is 6. The van der Waals surface area contributed by atoms with Crippen molar-refractivity contribution in [2.75, 3.05) is 44.3 Å². The fraction of sp³-hybridized carbons (Fsp3) is 0.389. The first-order valence-electron chi connectivity index (χ1n) is 7.94. The normalized spacial score (nSPS) is 15.3. The van der Waals surface area contributed by atoms with Gasteiger partial charge in [0.15, 0.2) is 0 Å². The van der Waals surface area contributed by atoms with Crippen LogP contribution >= 0.6 is 0 Å². The highest BCUT2D eigenvalue weighted by molar-refractivity contribution is 5.46. The number of anilines is 1. The van der Waals surface area contributed by atoms with Gasteiger partial charge in [-0.1, -0.05) is 18.2 Å². The average molecular weight is 311 g/mol. The predicted octanol–water partition coefficient (Wildman–Crippen LogP) is 2.49. The fourth-order valence-electron chi connectivity index (χ4n) is 2.74. The summed E-state index contributed by atoms with van der Waals surface area (Å²) in [6, 6.07) is 15.9. The Hall–Kier alpha value is -2.29. The number of benzene rings is 1. The van der Waals surface area contributed by atoms with Gasteiger partial charge in [-0.3, -0.25) is 4.90 Å². The minimum Gasteiger partial charge on any atom is -0.449 e. The van der Waals surface area contributed by atoms with E-state index in [-0.39, 0.29) is 0 Å². The Bertz CT molecular complexity index is 642. The molecule has 0 atom stereocenters. The van der Waals surface area contributed by atoms with Crippen molar-refractivity contribution in [1.82, 2.24) is 4.90 Å². The van der Waals surface area contributed by atoms with E-state index in [9.17, 15) is 0 Å². The lowest BCUT2D eigenvalue weighted by molar-refractivity contribution is 0.0391. The van der Waals surface area contributed by atoms with Crippen LogP contribution in [0.2, 0.25) is 0 Å². The van der Waals surface area contributed by atoms with E-state index < -0.39 is 0 Å². The zero-order chi connectivity index (χ0) is 15.9. The zero-order valence-electron chi connectivity index (χ0n) is 13.1. The predicted molar refractivity (Wildman–Crippen MR) is 88.2 cm³/mol. The van der Waals surface area contributed by atoms with Crippen molar-refractivity contribution in [3.05, 3.63) is 54.0 Å². The quantitative estimate of drug-likeness (QED) is 0.820. The first-order valence-corrected chi connectivity index (χ1v) is 7.94. The molecule has 1 fully saturated rings. The molecular formula is C18H21N3O2. The number of hydrogen-bond donors (Lipinski definition) is 0. The number of hydrogen-bond acceptors (Lipinski definition) is 5. The van der Waals surface area contributed by atoms with E-state index in [4.69, 9.17) is 14.4 Å². The van der Waals surface area contributed by atoms with Crippen molar-refractivity contribution in [3.63, 3.8) is 0 Å². The van der Waals surface area contributed by atoms with E-state index in [1.54, 1.807) is 6.07 Å².